The van der Waals surface area contributed by atoms with Gasteiger partial charge in [0.1, 0.15) is 23.0 Å². The Kier molecular flexibility index (Phi) is 5.37. The maximum absolute atomic E-state index is 11.9. The van der Waals surface area contributed by atoms with Crippen molar-refractivity contribution in [3.8, 4) is 23.0 Å². The number of rotatable bonds is 7. The Bertz CT molecular complexity index is 859. The van der Waals surface area contributed by atoms with Crippen molar-refractivity contribution >= 4 is 5.97 Å². The van der Waals surface area contributed by atoms with Crippen LogP contribution in [0.1, 0.15) is 24.8 Å². The lowest BCUT2D eigenvalue weighted by Gasteiger charge is -2.23. The lowest BCUT2D eigenvalue weighted by molar-refractivity contribution is -0.149. The van der Waals surface area contributed by atoms with Crippen LogP contribution < -0.4 is 14.2 Å². The van der Waals surface area contributed by atoms with E-state index in [1.165, 1.54) is 0 Å². The molecule has 0 unspecified atom stereocenters. The zero-order valence-corrected chi connectivity index (χ0v) is 16.9. The number of nitrogens with zero attached hydrogens (tertiary/aromatic N) is 1. The van der Waals surface area contributed by atoms with E-state index in [4.69, 9.17) is 14.2 Å². The number of methoxy groups -OCH3 is 2. The molecule has 0 spiro atoms. The summed E-state index contributed by atoms with van der Waals surface area (Å²) in [6.45, 7) is 2.28. The van der Waals surface area contributed by atoms with Gasteiger partial charge in [0.25, 0.3) is 0 Å². The molecule has 1 N–H and O–H groups in total. The first-order chi connectivity index (χ1) is 14.0. The van der Waals surface area contributed by atoms with Gasteiger partial charge in [-0.3, -0.25) is 9.69 Å². The van der Waals surface area contributed by atoms with Gasteiger partial charge in [0, 0.05) is 37.8 Å². The fraction of sp³-hybridized carbons (Fsp3) is 0.435. The summed E-state index contributed by atoms with van der Waals surface area (Å²) >= 11 is 0. The molecule has 2 aromatic carbocycles. The summed E-state index contributed by atoms with van der Waals surface area (Å²) in [5.74, 6) is 2.37. The fourth-order valence-electron chi connectivity index (χ4n) is 4.76. The highest BCUT2D eigenvalue weighted by Gasteiger charge is 2.54. The fourth-order valence-corrected chi connectivity index (χ4v) is 4.76. The van der Waals surface area contributed by atoms with Crippen LogP contribution in [0.5, 0.6) is 23.0 Å². The van der Waals surface area contributed by atoms with E-state index in [0.717, 1.165) is 43.7 Å². The van der Waals surface area contributed by atoms with Crippen molar-refractivity contribution in [1.29, 1.82) is 0 Å². The Labute approximate surface area is 171 Å². The minimum absolute atomic E-state index is 0.283. The Morgan fingerprint density at radius 1 is 1.07 bits per heavy atom. The Hall–Kier alpha value is -2.73. The van der Waals surface area contributed by atoms with Gasteiger partial charge in [0.2, 0.25) is 0 Å². The van der Waals surface area contributed by atoms with Gasteiger partial charge >= 0.3 is 5.97 Å². The van der Waals surface area contributed by atoms with E-state index in [1.54, 1.807) is 20.3 Å². The van der Waals surface area contributed by atoms with Gasteiger partial charge < -0.3 is 19.3 Å². The number of hydrogen-bond acceptors (Lipinski definition) is 5. The number of fused-ring (bicyclic) bond motifs is 1. The number of hydrogen-bond donors (Lipinski definition) is 1. The van der Waals surface area contributed by atoms with Crippen LogP contribution in [-0.4, -0.2) is 43.3 Å². The second-order valence-corrected chi connectivity index (χ2v) is 8.01. The molecule has 29 heavy (non-hydrogen) atoms. The molecule has 6 heteroatoms. The van der Waals surface area contributed by atoms with Crippen LogP contribution in [0.15, 0.2) is 42.5 Å². The second kappa shape index (κ2) is 7.95. The topological polar surface area (TPSA) is 68.2 Å². The molecular weight excluding hydrogens is 370 g/mol. The highest BCUT2D eigenvalue weighted by Crippen LogP contribution is 2.49. The van der Waals surface area contributed by atoms with E-state index in [-0.39, 0.29) is 5.92 Å². The molecule has 1 aliphatic heterocycles. The van der Waals surface area contributed by atoms with E-state index in [0.29, 0.717) is 23.8 Å². The molecule has 0 amide bonds. The lowest BCUT2D eigenvalue weighted by Crippen LogP contribution is -2.35. The lowest BCUT2D eigenvalue weighted by atomic mass is 9.81. The third-order valence-corrected chi connectivity index (χ3v) is 6.26. The molecule has 1 saturated heterocycles. The second-order valence-electron chi connectivity index (χ2n) is 8.01. The molecule has 0 radical (unpaired) electrons. The highest BCUT2D eigenvalue weighted by molar-refractivity contribution is 5.76. The van der Waals surface area contributed by atoms with E-state index < -0.39 is 11.4 Å². The van der Waals surface area contributed by atoms with Crippen LogP contribution in [0.3, 0.4) is 0 Å². The maximum Gasteiger partial charge on any atom is 0.311 e. The minimum atomic E-state index is -0.625. The summed E-state index contributed by atoms with van der Waals surface area (Å²) in [5, 5.41) is 9.75. The molecule has 0 aromatic heterocycles. The Morgan fingerprint density at radius 2 is 1.72 bits per heavy atom. The summed E-state index contributed by atoms with van der Waals surface area (Å²) in [6.07, 6.45) is 2.87. The Balaban J connectivity index is 1.41. The van der Waals surface area contributed by atoms with Crippen molar-refractivity contribution < 1.29 is 24.1 Å². The normalized spacial score (nSPS) is 23.6. The maximum atomic E-state index is 11.9. The molecule has 4 rings (SSSR count). The first kappa shape index (κ1) is 19.6. The first-order valence-corrected chi connectivity index (χ1v) is 9.98. The van der Waals surface area contributed by atoms with Crippen molar-refractivity contribution in [1.82, 2.24) is 4.90 Å². The molecule has 2 fully saturated rings. The number of carboxylic acids is 1. The van der Waals surface area contributed by atoms with Crippen LogP contribution in [0, 0.1) is 11.3 Å². The van der Waals surface area contributed by atoms with E-state index >= 15 is 0 Å². The molecule has 0 bridgehead atoms. The standard InChI is InChI=1S/C23H27NO5/c1-27-19-10-20(28-2)12-21(11-19)29-18-7-5-16(6-8-18)13-24-14-17-4-3-9-23(17,15-24)22(25)26/h5-8,10-12,17H,3-4,9,13-15H2,1-2H3,(H,25,26)/t17-,23+/m0/s1. The highest BCUT2D eigenvalue weighted by atomic mass is 16.5. The zero-order chi connectivity index (χ0) is 20.4. The van der Waals surface area contributed by atoms with E-state index in [9.17, 15) is 9.90 Å². The smallest absolute Gasteiger partial charge is 0.311 e. The van der Waals surface area contributed by atoms with Crippen LogP contribution in [-0.2, 0) is 11.3 Å². The minimum Gasteiger partial charge on any atom is -0.496 e. The molecule has 1 heterocycles. The van der Waals surface area contributed by atoms with Gasteiger partial charge in [-0.25, -0.2) is 0 Å². The van der Waals surface area contributed by atoms with Crippen LogP contribution in [0.2, 0.25) is 0 Å². The number of carboxylic acid groups (broad SMARTS) is 1. The van der Waals surface area contributed by atoms with Crippen molar-refractivity contribution in [3.63, 3.8) is 0 Å². The molecule has 2 atom stereocenters. The van der Waals surface area contributed by atoms with Crippen LogP contribution >= 0.6 is 0 Å². The largest absolute Gasteiger partial charge is 0.496 e. The van der Waals surface area contributed by atoms with Gasteiger partial charge in [0.05, 0.1) is 19.6 Å². The van der Waals surface area contributed by atoms with Crippen LogP contribution in [0.25, 0.3) is 0 Å². The Morgan fingerprint density at radius 3 is 2.31 bits per heavy atom. The van der Waals surface area contributed by atoms with Crippen molar-refractivity contribution in [2.24, 2.45) is 11.3 Å². The quantitative estimate of drug-likeness (QED) is 0.756. The predicted octanol–water partition coefficient (Wildman–Crippen LogP) is 4.18. The summed E-state index contributed by atoms with van der Waals surface area (Å²) in [6, 6.07) is 13.4. The number of benzene rings is 2. The first-order valence-electron chi connectivity index (χ1n) is 9.98. The third-order valence-electron chi connectivity index (χ3n) is 6.26. The molecule has 2 aromatic rings. The van der Waals surface area contributed by atoms with Gasteiger partial charge in [-0.15, -0.1) is 0 Å². The van der Waals surface area contributed by atoms with E-state index in [1.807, 2.05) is 36.4 Å². The summed E-state index contributed by atoms with van der Waals surface area (Å²) in [4.78, 5) is 14.1. The zero-order valence-electron chi connectivity index (χ0n) is 16.9. The number of aliphatic carboxylic acids is 1. The summed E-state index contributed by atoms with van der Waals surface area (Å²) in [7, 11) is 3.21. The van der Waals surface area contributed by atoms with E-state index in [2.05, 4.69) is 4.90 Å². The monoisotopic (exact) mass is 397 g/mol. The van der Waals surface area contributed by atoms with Gasteiger partial charge in [0.15, 0.2) is 0 Å². The SMILES string of the molecule is COc1cc(OC)cc(Oc2ccc(CN3C[C@@H]4CCC[C@@]4(C(=O)O)C3)cc2)c1. The predicted molar refractivity (Wildman–Crippen MR) is 109 cm³/mol. The van der Waals surface area contributed by atoms with Gasteiger partial charge in [-0.1, -0.05) is 18.6 Å². The molecule has 1 aliphatic carbocycles. The molecule has 1 saturated carbocycles. The average Bonchev–Trinajstić information content (AvgIpc) is 3.27. The number of carbonyl (C=O) groups is 1. The van der Waals surface area contributed by atoms with Crippen LogP contribution in [0.4, 0.5) is 0 Å². The van der Waals surface area contributed by atoms with Gasteiger partial charge in [-0.05, 0) is 36.5 Å². The van der Waals surface area contributed by atoms with Gasteiger partial charge in [-0.2, -0.15) is 0 Å². The molecule has 6 nitrogen and oxygen atoms in total. The average molecular weight is 397 g/mol. The number of ether oxygens (including phenoxy) is 3. The molecule has 2 aliphatic rings. The van der Waals surface area contributed by atoms with Crippen molar-refractivity contribution in [3.05, 3.63) is 48.0 Å². The van der Waals surface area contributed by atoms with Crippen molar-refractivity contribution in [2.75, 3.05) is 27.3 Å². The molecule has 154 valence electrons. The molecular formula is C23H27NO5. The summed E-state index contributed by atoms with van der Waals surface area (Å²) in [5.41, 5.74) is 0.621. The summed E-state index contributed by atoms with van der Waals surface area (Å²) < 4.78 is 16.5. The third kappa shape index (κ3) is 3.90. The number of likely N-dealkylation sites (tertiary alicyclic amines) is 1. The van der Waals surface area contributed by atoms with Crippen molar-refractivity contribution in [2.45, 2.75) is 25.8 Å².